The van der Waals surface area contributed by atoms with Crippen molar-refractivity contribution in [1.82, 2.24) is 10.3 Å². The Balaban J connectivity index is 2.20. The zero-order valence-corrected chi connectivity index (χ0v) is 14.5. The smallest absolute Gasteiger partial charge is 0.270 e. The minimum atomic E-state index is -4.33. The zero-order valence-electron chi connectivity index (χ0n) is 12.1. The molecule has 0 bridgehead atoms. The standard InChI is InChI=1S/C14H11Cl2FN2O4S/c1-23-12-4-2-8(15)6-10(12)14(20)18-19-24(21,22)13-5-3-9(16)7-11(13)17/h2-7,19H,1H3,(H,18,20). The summed E-state index contributed by atoms with van der Waals surface area (Å²) in [7, 11) is -2.99. The van der Waals surface area contributed by atoms with E-state index in [1.54, 1.807) is 4.83 Å². The number of hydrogen-bond donors (Lipinski definition) is 2. The number of amides is 1. The largest absolute Gasteiger partial charge is 0.496 e. The Bertz CT molecular complexity index is 890. The number of sulfonamides is 1. The average molecular weight is 393 g/mol. The number of hydrogen-bond acceptors (Lipinski definition) is 4. The Morgan fingerprint density at radius 1 is 1.12 bits per heavy atom. The Labute approximate surface area is 147 Å². The molecule has 128 valence electrons. The first kappa shape index (κ1) is 18.5. The quantitative estimate of drug-likeness (QED) is 0.766. The molecule has 0 saturated carbocycles. The van der Waals surface area contributed by atoms with Crippen molar-refractivity contribution in [2.75, 3.05) is 7.11 Å². The van der Waals surface area contributed by atoms with E-state index in [2.05, 4.69) is 0 Å². The SMILES string of the molecule is COc1ccc(Cl)cc1C(=O)NNS(=O)(=O)c1ccc(Cl)cc1F. The van der Waals surface area contributed by atoms with Crippen molar-refractivity contribution in [2.45, 2.75) is 4.90 Å². The minimum Gasteiger partial charge on any atom is -0.496 e. The maximum absolute atomic E-state index is 13.7. The van der Waals surface area contributed by atoms with Crippen molar-refractivity contribution in [2.24, 2.45) is 0 Å². The molecule has 0 spiro atoms. The third kappa shape index (κ3) is 4.15. The summed E-state index contributed by atoms with van der Waals surface area (Å²) in [5, 5.41) is 0.298. The number of hydrazine groups is 1. The molecule has 1 amide bonds. The van der Waals surface area contributed by atoms with Crippen molar-refractivity contribution >= 4 is 39.1 Å². The molecule has 6 nitrogen and oxygen atoms in total. The third-order valence-corrected chi connectivity index (χ3v) is 4.64. The van der Waals surface area contributed by atoms with Crippen molar-refractivity contribution in [3.63, 3.8) is 0 Å². The van der Waals surface area contributed by atoms with Crippen molar-refractivity contribution in [1.29, 1.82) is 0 Å². The first-order valence-electron chi connectivity index (χ1n) is 6.35. The highest BCUT2D eigenvalue weighted by atomic mass is 35.5. The normalized spacial score (nSPS) is 11.2. The Morgan fingerprint density at radius 2 is 1.75 bits per heavy atom. The van der Waals surface area contributed by atoms with Crippen LogP contribution < -0.4 is 15.0 Å². The van der Waals surface area contributed by atoms with Gasteiger partial charge >= 0.3 is 0 Å². The maximum Gasteiger partial charge on any atom is 0.270 e. The van der Waals surface area contributed by atoms with Crippen LogP contribution in [-0.4, -0.2) is 21.4 Å². The summed E-state index contributed by atoms with van der Waals surface area (Å²) in [5.41, 5.74) is 1.97. The van der Waals surface area contributed by atoms with E-state index in [1.165, 1.54) is 31.4 Å². The monoisotopic (exact) mass is 392 g/mol. The van der Waals surface area contributed by atoms with E-state index in [4.69, 9.17) is 27.9 Å². The van der Waals surface area contributed by atoms with Crippen LogP contribution in [0.15, 0.2) is 41.3 Å². The molecule has 0 radical (unpaired) electrons. The van der Waals surface area contributed by atoms with Crippen LogP contribution in [0.3, 0.4) is 0 Å². The lowest BCUT2D eigenvalue weighted by molar-refractivity contribution is 0.0942. The summed E-state index contributed by atoms with van der Waals surface area (Å²) in [5.74, 6) is -1.69. The van der Waals surface area contributed by atoms with Gasteiger partial charge in [0.05, 0.1) is 12.7 Å². The molecule has 2 aromatic rings. The van der Waals surface area contributed by atoms with Crippen molar-refractivity contribution in [3.05, 3.63) is 57.8 Å². The van der Waals surface area contributed by atoms with Crippen LogP contribution in [-0.2, 0) is 10.0 Å². The third-order valence-electron chi connectivity index (χ3n) is 2.89. The summed E-state index contributed by atoms with van der Waals surface area (Å²) >= 11 is 11.4. The van der Waals surface area contributed by atoms with Crippen LogP contribution >= 0.6 is 23.2 Å². The first-order chi connectivity index (χ1) is 11.2. The van der Waals surface area contributed by atoms with E-state index in [1.807, 2.05) is 5.43 Å². The van der Waals surface area contributed by atoms with E-state index in [0.717, 1.165) is 12.1 Å². The van der Waals surface area contributed by atoms with Gasteiger partial charge in [-0.05, 0) is 36.4 Å². The lowest BCUT2D eigenvalue weighted by Crippen LogP contribution is -2.41. The molecule has 0 aliphatic heterocycles. The van der Waals surface area contributed by atoms with Gasteiger partial charge in [0.25, 0.3) is 15.9 Å². The molecule has 0 heterocycles. The van der Waals surface area contributed by atoms with Gasteiger partial charge < -0.3 is 4.74 Å². The number of carbonyl (C=O) groups is 1. The first-order valence-corrected chi connectivity index (χ1v) is 8.59. The molecule has 2 rings (SSSR count). The molecule has 24 heavy (non-hydrogen) atoms. The Hall–Kier alpha value is -1.87. The van der Waals surface area contributed by atoms with Gasteiger partial charge in [0.15, 0.2) is 0 Å². The predicted octanol–water partition coefficient (Wildman–Crippen LogP) is 2.76. The van der Waals surface area contributed by atoms with Gasteiger partial charge in [-0.25, -0.2) is 12.8 Å². The zero-order chi connectivity index (χ0) is 17.9. The predicted molar refractivity (Wildman–Crippen MR) is 87.2 cm³/mol. The number of carbonyl (C=O) groups excluding carboxylic acids is 1. The number of rotatable bonds is 5. The average Bonchev–Trinajstić information content (AvgIpc) is 2.52. The molecule has 0 unspecified atom stereocenters. The van der Waals surface area contributed by atoms with Gasteiger partial charge in [0, 0.05) is 10.0 Å². The van der Waals surface area contributed by atoms with Gasteiger partial charge in [0.2, 0.25) is 0 Å². The van der Waals surface area contributed by atoms with E-state index >= 15 is 0 Å². The van der Waals surface area contributed by atoms with Crippen LogP contribution in [0.1, 0.15) is 10.4 Å². The molecule has 0 aliphatic rings. The molecule has 0 fully saturated rings. The van der Waals surface area contributed by atoms with Crippen LogP contribution in [0.4, 0.5) is 4.39 Å². The fourth-order valence-corrected chi connectivity index (χ4v) is 3.02. The molecule has 10 heteroatoms. The van der Waals surface area contributed by atoms with E-state index in [-0.39, 0.29) is 21.4 Å². The van der Waals surface area contributed by atoms with Crippen molar-refractivity contribution in [3.8, 4) is 5.75 Å². The van der Waals surface area contributed by atoms with Gasteiger partial charge in [-0.1, -0.05) is 23.2 Å². The maximum atomic E-state index is 13.7. The van der Waals surface area contributed by atoms with Crippen LogP contribution in [0.5, 0.6) is 5.75 Å². The van der Waals surface area contributed by atoms with E-state index in [0.29, 0.717) is 0 Å². The Morgan fingerprint density at radius 3 is 2.38 bits per heavy atom. The van der Waals surface area contributed by atoms with Crippen molar-refractivity contribution < 1.29 is 22.3 Å². The second kappa shape index (κ2) is 7.35. The van der Waals surface area contributed by atoms with Gasteiger partial charge in [-0.15, -0.1) is 4.83 Å². The summed E-state index contributed by atoms with van der Waals surface area (Å²) < 4.78 is 42.8. The highest BCUT2D eigenvalue weighted by Gasteiger charge is 2.21. The molecular formula is C14H11Cl2FN2O4S. The van der Waals surface area contributed by atoms with E-state index < -0.39 is 26.6 Å². The molecule has 0 saturated heterocycles. The highest BCUT2D eigenvalue weighted by Crippen LogP contribution is 2.22. The lowest BCUT2D eigenvalue weighted by atomic mass is 10.2. The topological polar surface area (TPSA) is 84.5 Å². The number of benzene rings is 2. The number of methoxy groups -OCH3 is 1. The number of ether oxygens (including phenoxy) is 1. The summed E-state index contributed by atoms with van der Waals surface area (Å²) in [4.78, 5) is 13.2. The molecular weight excluding hydrogens is 382 g/mol. The minimum absolute atomic E-state index is 0.00396. The Kier molecular flexibility index (Phi) is 5.66. The molecule has 2 N–H and O–H groups in total. The van der Waals surface area contributed by atoms with Gasteiger partial charge in [-0.3, -0.25) is 10.2 Å². The number of nitrogens with one attached hydrogen (secondary N) is 2. The fraction of sp³-hybridized carbons (Fsp3) is 0.0714. The molecule has 2 aromatic carbocycles. The fourth-order valence-electron chi connectivity index (χ4n) is 1.79. The van der Waals surface area contributed by atoms with Gasteiger partial charge in [-0.2, -0.15) is 0 Å². The second-order valence-corrected chi connectivity index (χ2v) is 7.00. The molecule has 0 aliphatic carbocycles. The number of halogens is 3. The summed E-state index contributed by atoms with van der Waals surface area (Å²) in [6.07, 6.45) is 0. The van der Waals surface area contributed by atoms with E-state index in [9.17, 15) is 17.6 Å². The molecule has 0 aromatic heterocycles. The molecule has 0 atom stereocenters. The second-order valence-electron chi connectivity index (χ2n) is 4.48. The van der Waals surface area contributed by atoms with Crippen LogP contribution in [0.25, 0.3) is 0 Å². The van der Waals surface area contributed by atoms with Crippen LogP contribution in [0, 0.1) is 5.82 Å². The summed E-state index contributed by atoms with van der Waals surface area (Å²) in [6.45, 7) is 0. The highest BCUT2D eigenvalue weighted by molar-refractivity contribution is 7.89. The van der Waals surface area contributed by atoms with Gasteiger partial charge in [0.1, 0.15) is 16.5 Å². The lowest BCUT2D eigenvalue weighted by Gasteiger charge is -2.11. The summed E-state index contributed by atoms with van der Waals surface area (Å²) in [6, 6.07) is 7.28. The van der Waals surface area contributed by atoms with Crippen LogP contribution in [0.2, 0.25) is 10.0 Å².